The van der Waals surface area contributed by atoms with Crippen molar-refractivity contribution in [1.29, 1.82) is 0 Å². The first kappa shape index (κ1) is 22.0. The number of amidine groups is 1. The molecule has 0 aromatic heterocycles. The Morgan fingerprint density at radius 2 is 2.04 bits per heavy atom. The van der Waals surface area contributed by atoms with E-state index in [-0.39, 0.29) is 11.0 Å². The minimum atomic E-state index is 0.0290. The van der Waals surface area contributed by atoms with Crippen molar-refractivity contribution in [3.63, 3.8) is 0 Å². The molecule has 1 aliphatic rings. The summed E-state index contributed by atoms with van der Waals surface area (Å²) in [6, 6.07) is 6.29. The molecule has 2 N–H and O–H groups in total. The maximum atomic E-state index is 9.26. The lowest BCUT2D eigenvalue weighted by atomic mass is 10.0. The highest BCUT2D eigenvalue weighted by atomic mass is 32.2. The smallest absolute Gasteiger partial charge is 0.182 e. The van der Waals surface area contributed by atoms with Crippen LogP contribution in [0.5, 0.6) is 0 Å². The summed E-state index contributed by atoms with van der Waals surface area (Å²) in [5.41, 5.74) is 7.33. The summed E-state index contributed by atoms with van der Waals surface area (Å²) in [6.07, 6.45) is 5.89. The summed E-state index contributed by atoms with van der Waals surface area (Å²) in [7, 11) is 0. The molecule has 1 atom stereocenters. The zero-order valence-electron chi connectivity index (χ0n) is 16.4. The molecule has 0 aliphatic carbocycles. The summed E-state index contributed by atoms with van der Waals surface area (Å²) in [4.78, 5) is 4.31. The number of aliphatic imine (C=N–C) groups is 1. The van der Waals surface area contributed by atoms with Gasteiger partial charge in [-0.05, 0) is 36.1 Å². The molecule has 5 heteroatoms. The van der Waals surface area contributed by atoms with E-state index < -0.39 is 0 Å². The first-order chi connectivity index (χ1) is 12.4. The molecule has 142 valence electrons. The Morgan fingerprint density at radius 1 is 1.35 bits per heavy atom. The number of aliphatic hydroxyl groups excluding tert-OH is 1. The van der Waals surface area contributed by atoms with Gasteiger partial charge in [0.1, 0.15) is 0 Å². The standard InChI is InChI=1S/C17H21N3OS.C4H10/c1-5-15-9-14(7-6-11(15)2)10-18-20-17-19-13(4)16(22-17)8-12(3)21;1-3-4-2/h6-7,9-10,16,21H,3-5,8H2,1-2H3,(H,19,20);3-4H2,1-2H3/b18-10+;. The lowest BCUT2D eigenvalue weighted by Gasteiger charge is -2.07. The van der Waals surface area contributed by atoms with Crippen molar-refractivity contribution in [2.75, 3.05) is 0 Å². The Kier molecular flexibility index (Phi) is 9.81. The fraction of sp³-hybridized carbons (Fsp3) is 0.429. The second kappa shape index (κ2) is 11.6. The molecule has 2 rings (SSSR count). The molecule has 0 spiro atoms. The van der Waals surface area contributed by atoms with Crippen LogP contribution in [0.4, 0.5) is 0 Å². The van der Waals surface area contributed by atoms with Crippen LogP contribution < -0.4 is 5.43 Å². The molecule has 0 saturated carbocycles. The first-order valence-electron chi connectivity index (χ1n) is 9.10. The molecule has 1 aromatic carbocycles. The van der Waals surface area contributed by atoms with Crippen LogP contribution in [0, 0.1) is 6.92 Å². The van der Waals surface area contributed by atoms with E-state index in [1.807, 2.05) is 6.07 Å². The summed E-state index contributed by atoms with van der Waals surface area (Å²) in [5.74, 6) is 0.144. The summed E-state index contributed by atoms with van der Waals surface area (Å²) < 4.78 is 0. The van der Waals surface area contributed by atoms with E-state index in [0.717, 1.165) is 17.7 Å². The van der Waals surface area contributed by atoms with E-state index in [0.29, 0.717) is 11.6 Å². The van der Waals surface area contributed by atoms with Gasteiger partial charge in [-0.3, -0.25) is 5.43 Å². The summed E-state index contributed by atoms with van der Waals surface area (Å²) >= 11 is 1.50. The van der Waals surface area contributed by atoms with E-state index in [4.69, 9.17) is 0 Å². The Morgan fingerprint density at radius 3 is 2.62 bits per heavy atom. The van der Waals surface area contributed by atoms with Crippen LogP contribution in [0.15, 0.2) is 52.9 Å². The molecule has 1 heterocycles. The Hall–Kier alpha value is -2.01. The van der Waals surface area contributed by atoms with Crippen LogP contribution >= 0.6 is 11.8 Å². The lowest BCUT2D eigenvalue weighted by molar-refractivity contribution is 0.393. The SMILES string of the molecule is C=C(O)CC1SC(N/N=C/c2ccc(C)c(CC)c2)=NC1=C.CCCC. The Bertz CT molecular complexity index is 678. The minimum Gasteiger partial charge on any atom is -0.513 e. The van der Waals surface area contributed by atoms with Crippen LogP contribution in [0.1, 0.15) is 56.7 Å². The molecular weight excluding hydrogens is 342 g/mol. The number of allylic oxidation sites excluding steroid dienone is 1. The number of nitrogens with one attached hydrogen (secondary N) is 1. The number of thioether (sulfide) groups is 1. The van der Waals surface area contributed by atoms with Crippen LogP contribution in [-0.4, -0.2) is 21.7 Å². The highest BCUT2D eigenvalue weighted by molar-refractivity contribution is 8.14. The molecule has 0 amide bonds. The van der Waals surface area contributed by atoms with Gasteiger partial charge < -0.3 is 5.11 Å². The highest BCUT2D eigenvalue weighted by Gasteiger charge is 2.23. The molecule has 0 saturated heterocycles. The maximum Gasteiger partial charge on any atom is 0.182 e. The first-order valence-corrected chi connectivity index (χ1v) is 9.98. The lowest BCUT2D eigenvalue weighted by Crippen LogP contribution is -2.13. The van der Waals surface area contributed by atoms with Gasteiger partial charge in [-0.25, -0.2) is 4.99 Å². The van der Waals surface area contributed by atoms with E-state index in [1.54, 1.807) is 6.21 Å². The predicted molar refractivity (Wildman–Crippen MR) is 116 cm³/mol. The zero-order valence-corrected chi connectivity index (χ0v) is 17.2. The third-order valence-corrected chi connectivity index (χ3v) is 5.05. The van der Waals surface area contributed by atoms with Gasteiger partial charge in [-0.15, -0.1) is 0 Å². The number of hydrazone groups is 1. The topological polar surface area (TPSA) is 57.0 Å². The number of aliphatic hydroxyl groups is 1. The Balaban J connectivity index is 0.000000765. The number of hydrogen-bond acceptors (Lipinski definition) is 5. The summed E-state index contributed by atoms with van der Waals surface area (Å²) in [5, 5.41) is 14.2. The third-order valence-electron chi connectivity index (χ3n) is 3.92. The van der Waals surface area contributed by atoms with E-state index in [9.17, 15) is 5.11 Å². The average molecular weight is 374 g/mol. The number of rotatable bonds is 6. The number of nitrogens with zero attached hydrogens (tertiary/aromatic N) is 2. The van der Waals surface area contributed by atoms with Crippen molar-refractivity contribution in [3.8, 4) is 0 Å². The van der Waals surface area contributed by atoms with Crippen molar-refractivity contribution in [2.24, 2.45) is 10.1 Å². The van der Waals surface area contributed by atoms with Gasteiger partial charge in [-0.2, -0.15) is 5.10 Å². The van der Waals surface area contributed by atoms with Gasteiger partial charge in [0, 0.05) is 6.42 Å². The van der Waals surface area contributed by atoms with Crippen LogP contribution in [-0.2, 0) is 6.42 Å². The van der Waals surface area contributed by atoms with Crippen molar-refractivity contribution in [2.45, 2.75) is 58.6 Å². The number of unbranched alkanes of at least 4 members (excludes halogenated alkanes) is 1. The number of benzene rings is 1. The third kappa shape index (κ3) is 7.48. The molecule has 1 aromatic rings. The van der Waals surface area contributed by atoms with Crippen molar-refractivity contribution >= 4 is 23.1 Å². The second-order valence-corrected chi connectivity index (χ2v) is 7.39. The quantitative estimate of drug-likeness (QED) is 0.380. The number of hydrogen-bond donors (Lipinski definition) is 2. The Labute approximate surface area is 162 Å². The van der Waals surface area contributed by atoms with Crippen molar-refractivity contribution in [3.05, 3.63) is 59.5 Å². The van der Waals surface area contributed by atoms with Gasteiger partial charge in [-0.1, -0.05) is 70.7 Å². The minimum absolute atomic E-state index is 0.0290. The van der Waals surface area contributed by atoms with Crippen LogP contribution in [0.2, 0.25) is 0 Å². The van der Waals surface area contributed by atoms with E-state index >= 15 is 0 Å². The fourth-order valence-electron chi connectivity index (χ4n) is 2.17. The summed E-state index contributed by atoms with van der Waals surface area (Å²) in [6.45, 7) is 16.0. The second-order valence-electron chi connectivity index (χ2n) is 6.19. The van der Waals surface area contributed by atoms with Gasteiger partial charge in [0.15, 0.2) is 5.17 Å². The van der Waals surface area contributed by atoms with Gasteiger partial charge in [0.05, 0.1) is 22.9 Å². The normalized spacial score (nSPS) is 16.2. The van der Waals surface area contributed by atoms with Crippen molar-refractivity contribution in [1.82, 2.24) is 5.43 Å². The van der Waals surface area contributed by atoms with E-state index in [2.05, 4.69) is 68.5 Å². The van der Waals surface area contributed by atoms with Gasteiger partial charge >= 0.3 is 0 Å². The fourth-order valence-corrected chi connectivity index (χ4v) is 3.18. The highest BCUT2D eigenvalue weighted by Crippen LogP contribution is 2.31. The largest absolute Gasteiger partial charge is 0.513 e. The molecule has 1 aliphatic heterocycles. The van der Waals surface area contributed by atoms with Gasteiger partial charge in [0.25, 0.3) is 0 Å². The molecule has 0 fully saturated rings. The van der Waals surface area contributed by atoms with Gasteiger partial charge in [0.2, 0.25) is 0 Å². The predicted octanol–water partition coefficient (Wildman–Crippen LogP) is 5.73. The van der Waals surface area contributed by atoms with Crippen molar-refractivity contribution < 1.29 is 5.11 Å². The molecule has 1 unspecified atom stereocenters. The average Bonchev–Trinajstić information content (AvgIpc) is 2.95. The van der Waals surface area contributed by atoms with Crippen LogP contribution in [0.3, 0.4) is 0 Å². The van der Waals surface area contributed by atoms with E-state index in [1.165, 1.54) is 35.7 Å². The van der Waals surface area contributed by atoms with Crippen LogP contribution in [0.25, 0.3) is 0 Å². The zero-order chi connectivity index (χ0) is 19.5. The molecular formula is C21H31N3OS. The molecule has 4 nitrogen and oxygen atoms in total. The monoisotopic (exact) mass is 373 g/mol. The maximum absolute atomic E-state index is 9.26. The number of aryl methyl sites for hydroxylation is 2. The molecule has 0 bridgehead atoms. The molecule has 0 radical (unpaired) electrons. The molecule has 26 heavy (non-hydrogen) atoms.